The van der Waals surface area contributed by atoms with Gasteiger partial charge < -0.3 is 5.32 Å². The maximum atomic E-state index is 12.8. The van der Waals surface area contributed by atoms with Crippen LogP contribution in [0.3, 0.4) is 0 Å². The molecule has 0 aliphatic heterocycles. The van der Waals surface area contributed by atoms with Crippen molar-refractivity contribution in [3.8, 4) is 0 Å². The van der Waals surface area contributed by atoms with Crippen molar-refractivity contribution >= 4 is 33.1 Å². The molecule has 2 aromatic carbocycles. The lowest BCUT2D eigenvalue weighted by molar-refractivity contribution is -0.120. The van der Waals surface area contributed by atoms with E-state index in [0.717, 1.165) is 12.1 Å². The van der Waals surface area contributed by atoms with Crippen molar-refractivity contribution in [1.82, 2.24) is 5.32 Å². The molecule has 0 aliphatic carbocycles. The number of Topliss-reactive ketones (excluding diaryl/α,β-unsaturated/α-hetero) is 1. The van der Waals surface area contributed by atoms with Crippen LogP contribution in [-0.2, 0) is 14.6 Å². The summed E-state index contributed by atoms with van der Waals surface area (Å²) in [5, 5.41) is 2.45. The fourth-order valence-electron chi connectivity index (χ4n) is 2.04. The van der Waals surface area contributed by atoms with Gasteiger partial charge in [0, 0.05) is 12.0 Å². The van der Waals surface area contributed by atoms with E-state index in [4.69, 9.17) is 11.6 Å². The van der Waals surface area contributed by atoms with Crippen molar-refractivity contribution in [2.75, 3.05) is 12.3 Å². The van der Waals surface area contributed by atoms with Crippen LogP contribution >= 0.6 is 11.6 Å². The van der Waals surface area contributed by atoms with E-state index >= 15 is 0 Å². The van der Waals surface area contributed by atoms with Gasteiger partial charge in [-0.25, -0.2) is 12.8 Å². The molecule has 132 valence electrons. The zero-order valence-electron chi connectivity index (χ0n) is 13.0. The Kier molecular flexibility index (Phi) is 6.27. The SMILES string of the molecule is O=C(CCS(=O)(=O)c1ccccc1Cl)NCC(=O)c1ccc(F)cc1. The van der Waals surface area contributed by atoms with Crippen molar-refractivity contribution in [3.63, 3.8) is 0 Å². The molecular weight excluding hydrogens is 369 g/mol. The molecule has 0 aromatic heterocycles. The first-order chi connectivity index (χ1) is 11.8. The molecular formula is C17H15ClFNO4S. The lowest BCUT2D eigenvalue weighted by Crippen LogP contribution is -2.30. The molecule has 0 atom stereocenters. The van der Waals surface area contributed by atoms with Crippen LogP contribution in [0.25, 0.3) is 0 Å². The summed E-state index contributed by atoms with van der Waals surface area (Å²) < 4.78 is 37.2. The van der Waals surface area contributed by atoms with Gasteiger partial charge in [0.1, 0.15) is 5.82 Å². The monoisotopic (exact) mass is 383 g/mol. The third-order valence-corrected chi connectivity index (χ3v) is 5.59. The maximum Gasteiger partial charge on any atom is 0.221 e. The second kappa shape index (κ2) is 8.22. The number of halogens is 2. The number of benzene rings is 2. The number of rotatable bonds is 7. The lowest BCUT2D eigenvalue weighted by Gasteiger charge is -2.07. The van der Waals surface area contributed by atoms with Gasteiger partial charge in [-0.1, -0.05) is 23.7 Å². The number of amides is 1. The average molecular weight is 384 g/mol. The third-order valence-electron chi connectivity index (χ3n) is 3.38. The predicted octanol–water partition coefficient (Wildman–Crippen LogP) is 2.64. The highest BCUT2D eigenvalue weighted by atomic mass is 35.5. The van der Waals surface area contributed by atoms with Gasteiger partial charge in [0.25, 0.3) is 0 Å². The summed E-state index contributed by atoms with van der Waals surface area (Å²) in [6.07, 6.45) is -0.301. The largest absolute Gasteiger partial charge is 0.349 e. The second-order valence-electron chi connectivity index (χ2n) is 5.21. The zero-order valence-corrected chi connectivity index (χ0v) is 14.6. The normalized spacial score (nSPS) is 11.1. The van der Waals surface area contributed by atoms with Gasteiger partial charge in [-0.2, -0.15) is 0 Å². The minimum Gasteiger partial charge on any atom is -0.349 e. The molecule has 2 aromatic rings. The van der Waals surface area contributed by atoms with Crippen LogP contribution < -0.4 is 5.32 Å². The summed E-state index contributed by atoms with van der Waals surface area (Å²) in [7, 11) is -3.70. The van der Waals surface area contributed by atoms with E-state index in [0.29, 0.717) is 0 Å². The maximum absolute atomic E-state index is 12.8. The van der Waals surface area contributed by atoms with Gasteiger partial charge >= 0.3 is 0 Å². The van der Waals surface area contributed by atoms with Crippen molar-refractivity contribution in [1.29, 1.82) is 0 Å². The highest BCUT2D eigenvalue weighted by Crippen LogP contribution is 2.22. The van der Waals surface area contributed by atoms with E-state index in [1.165, 1.54) is 24.3 Å². The number of sulfone groups is 1. The molecule has 25 heavy (non-hydrogen) atoms. The molecule has 0 saturated carbocycles. The zero-order chi connectivity index (χ0) is 18.4. The van der Waals surface area contributed by atoms with E-state index in [2.05, 4.69) is 5.32 Å². The van der Waals surface area contributed by atoms with Crippen molar-refractivity contribution in [2.45, 2.75) is 11.3 Å². The quantitative estimate of drug-likeness (QED) is 0.745. The van der Waals surface area contributed by atoms with Gasteiger partial charge in [0.2, 0.25) is 5.91 Å². The number of ketones is 1. The molecule has 0 unspecified atom stereocenters. The minimum absolute atomic E-state index is 0.0353. The summed E-state index contributed by atoms with van der Waals surface area (Å²) in [5.41, 5.74) is 0.255. The number of nitrogens with one attached hydrogen (secondary N) is 1. The van der Waals surface area contributed by atoms with Crippen molar-refractivity contribution < 1.29 is 22.4 Å². The van der Waals surface area contributed by atoms with Crippen LogP contribution in [0, 0.1) is 5.82 Å². The predicted molar refractivity (Wildman–Crippen MR) is 91.9 cm³/mol. The summed E-state index contributed by atoms with van der Waals surface area (Å²) in [6.45, 7) is -0.295. The standard InChI is InChI=1S/C17H15ClFNO4S/c18-14-3-1-2-4-16(14)25(23,24)10-9-17(22)20-11-15(21)12-5-7-13(19)8-6-12/h1-8H,9-11H2,(H,20,22). The summed E-state index contributed by atoms with van der Waals surface area (Å²) in [5.74, 6) is -1.87. The Labute approximate surface area is 149 Å². The Balaban J connectivity index is 1.87. The number of hydrogen-bond acceptors (Lipinski definition) is 4. The Morgan fingerprint density at radius 2 is 1.68 bits per heavy atom. The van der Waals surface area contributed by atoms with E-state index in [1.807, 2.05) is 0 Å². The average Bonchev–Trinajstić information content (AvgIpc) is 2.59. The van der Waals surface area contributed by atoms with E-state index in [-0.39, 0.29) is 28.4 Å². The first-order valence-electron chi connectivity index (χ1n) is 7.32. The van der Waals surface area contributed by atoms with E-state index in [1.54, 1.807) is 12.1 Å². The number of hydrogen-bond donors (Lipinski definition) is 1. The molecule has 0 heterocycles. The number of carbonyl (C=O) groups excluding carboxylic acids is 2. The molecule has 1 amide bonds. The van der Waals surface area contributed by atoms with Crippen LogP contribution in [0.4, 0.5) is 4.39 Å². The Morgan fingerprint density at radius 1 is 1.04 bits per heavy atom. The molecule has 1 N–H and O–H groups in total. The Bertz CT molecular complexity index is 882. The van der Waals surface area contributed by atoms with Crippen molar-refractivity contribution in [3.05, 3.63) is 64.9 Å². The molecule has 5 nitrogen and oxygen atoms in total. The van der Waals surface area contributed by atoms with Crippen LogP contribution in [0.1, 0.15) is 16.8 Å². The van der Waals surface area contributed by atoms with Crippen LogP contribution in [0.15, 0.2) is 53.4 Å². The summed E-state index contributed by atoms with van der Waals surface area (Å²) in [6, 6.07) is 10.9. The minimum atomic E-state index is -3.70. The van der Waals surface area contributed by atoms with Gasteiger partial charge in [-0.15, -0.1) is 0 Å². The molecule has 2 rings (SSSR count). The first-order valence-corrected chi connectivity index (χ1v) is 9.35. The van der Waals surface area contributed by atoms with E-state index in [9.17, 15) is 22.4 Å². The Morgan fingerprint density at radius 3 is 2.32 bits per heavy atom. The molecule has 0 spiro atoms. The Hall–Kier alpha value is -2.25. The van der Waals surface area contributed by atoms with Gasteiger partial charge in [0.15, 0.2) is 15.6 Å². The molecule has 0 fully saturated rings. The molecule has 8 heteroatoms. The number of carbonyl (C=O) groups is 2. The summed E-state index contributed by atoms with van der Waals surface area (Å²) >= 11 is 5.85. The van der Waals surface area contributed by atoms with Gasteiger partial charge in [-0.3, -0.25) is 9.59 Å². The summed E-state index contributed by atoms with van der Waals surface area (Å²) in [4.78, 5) is 23.6. The molecule has 0 radical (unpaired) electrons. The second-order valence-corrected chi connectivity index (χ2v) is 7.69. The highest BCUT2D eigenvalue weighted by molar-refractivity contribution is 7.91. The van der Waals surface area contributed by atoms with E-state index < -0.39 is 33.1 Å². The smallest absolute Gasteiger partial charge is 0.221 e. The lowest BCUT2D eigenvalue weighted by atomic mass is 10.1. The molecule has 0 aliphatic rings. The first kappa shape index (κ1) is 19.1. The van der Waals surface area contributed by atoms with Gasteiger partial charge in [-0.05, 0) is 36.4 Å². The highest BCUT2D eigenvalue weighted by Gasteiger charge is 2.19. The van der Waals surface area contributed by atoms with Crippen molar-refractivity contribution in [2.24, 2.45) is 0 Å². The topological polar surface area (TPSA) is 80.3 Å². The molecule has 0 bridgehead atoms. The van der Waals surface area contributed by atoms with Crippen LogP contribution in [0.2, 0.25) is 5.02 Å². The third kappa shape index (κ3) is 5.37. The van der Waals surface area contributed by atoms with Crippen LogP contribution in [-0.4, -0.2) is 32.4 Å². The fourth-order valence-corrected chi connectivity index (χ4v) is 3.85. The molecule has 0 saturated heterocycles. The fraction of sp³-hybridized carbons (Fsp3) is 0.176. The van der Waals surface area contributed by atoms with Gasteiger partial charge in [0.05, 0.1) is 22.2 Å². The van der Waals surface area contributed by atoms with Crippen LogP contribution in [0.5, 0.6) is 0 Å².